The summed E-state index contributed by atoms with van der Waals surface area (Å²) in [5.74, 6) is -60.8. The maximum atomic E-state index is 13.4. The predicted molar refractivity (Wildman–Crippen MR) is 42.6 cm³/mol. The molecule has 1 rings (SSSR count). The van der Waals surface area contributed by atoms with Gasteiger partial charge in [-0.25, -0.2) is 4.39 Å². The van der Waals surface area contributed by atoms with Gasteiger partial charge in [0.15, 0.2) is 0 Å². The highest BCUT2D eigenvalue weighted by molar-refractivity contribution is 5.95. The standard InChI is InChI=1S/C8F15NO/c9-2(10)1(25)3(11,24(22)23)5(14,15)7(18,19)8(20,21)6(16,17)4(2,12)13. The summed E-state index contributed by atoms with van der Waals surface area (Å²) in [6, 6.07) is 0. The van der Waals surface area contributed by atoms with Crippen LogP contribution in [0.1, 0.15) is 0 Å². The van der Waals surface area contributed by atoms with Crippen LogP contribution in [0, 0.1) is 0 Å². The molecule has 1 unspecified atom stereocenters. The molecule has 1 aliphatic rings. The number of rotatable bonds is 1. The van der Waals surface area contributed by atoms with Gasteiger partial charge < -0.3 is 0 Å². The molecule has 0 heterocycles. The van der Waals surface area contributed by atoms with E-state index in [1.807, 2.05) is 0 Å². The van der Waals surface area contributed by atoms with Crippen molar-refractivity contribution in [2.24, 2.45) is 0 Å². The number of alkyl halides is 13. The van der Waals surface area contributed by atoms with Gasteiger partial charge >= 0.3 is 41.3 Å². The molecule has 0 bridgehead atoms. The molecular weight excluding hydrogens is 411 g/mol. The zero-order valence-electron chi connectivity index (χ0n) is 10.5. The van der Waals surface area contributed by atoms with E-state index in [1.165, 1.54) is 0 Å². The van der Waals surface area contributed by atoms with E-state index in [4.69, 9.17) is 0 Å². The van der Waals surface area contributed by atoms with Crippen molar-refractivity contribution >= 4 is 5.78 Å². The minimum Gasteiger partial charge on any atom is -0.287 e. The molecule has 0 aromatic heterocycles. The summed E-state index contributed by atoms with van der Waals surface area (Å²) in [5.41, 5.74) is 0. The molecule has 0 radical (unpaired) electrons. The SMILES string of the molecule is O=C1C(F)(F)C(F)(F)C(F)(F)C(F)(F)C(F)(F)C(F)(F)C1(F)N(F)F. The van der Waals surface area contributed by atoms with E-state index in [2.05, 4.69) is 0 Å². The van der Waals surface area contributed by atoms with Crippen LogP contribution in [-0.2, 0) is 4.79 Å². The third-order valence-corrected chi connectivity index (χ3v) is 3.21. The average Bonchev–Trinajstić information content (AvgIpc) is 2.42. The molecule has 0 aromatic rings. The topological polar surface area (TPSA) is 20.3 Å². The largest absolute Gasteiger partial charge is 0.386 e. The zero-order valence-corrected chi connectivity index (χ0v) is 10.5. The van der Waals surface area contributed by atoms with E-state index in [1.54, 1.807) is 0 Å². The van der Waals surface area contributed by atoms with Crippen LogP contribution in [0.3, 0.4) is 0 Å². The first-order valence-corrected chi connectivity index (χ1v) is 5.22. The van der Waals surface area contributed by atoms with Crippen LogP contribution in [-0.4, -0.2) is 52.5 Å². The molecule has 0 aromatic carbocycles. The molecule has 0 aliphatic heterocycles. The zero-order chi connectivity index (χ0) is 20.7. The van der Waals surface area contributed by atoms with Crippen molar-refractivity contribution in [3.63, 3.8) is 0 Å². The van der Waals surface area contributed by atoms with Crippen LogP contribution < -0.4 is 0 Å². The normalized spacial score (nSPS) is 35.1. The van der Waals surface area contributed by atoms with Crippen LogP contribution in [0.5, 0.6) is 0 Å². The molecule has 0 amide bonds. The Bertz CT molecular complexity index is 582. The first kappa shape index (κ1) is 21.6. The number of ketones is 1. The van der Waals surface area contributed by atoms with E-state index in [0.717, 1.165) is 0 Å². The Morgan fingerprint density at radius 2 is 0.800 bits per heavy atom. The van der Waals surface area contributed by atoms with Crippen LogP contribution >= 0.6 is 0 Å². The predicted octanol–water partition coefficient (Wildman–Crippen LogP) is 4.12. The maximum absolute atomic E-state index is 13.4. The summed E-state index contributed by atoms with van der Waals surface area (Å²) in [5, 5.41) is -4.12. The van der Waals surface area contributed by atoms with Gasteiger partial charge in [-0.3, -0.25) is 4.79 Å². The van der Waals surface area contributed by atoms with Gasteiger partial charge in [0.25, 0.3) is 5.78 Å². The van der Waals surface area contributed by atoms with Gasteiger partial charge in [-0.1, -0.05) is 8.96 Å². The Kier molecular flexibility index (Phi) is 4.19. The number of hydrogen-bond acceptors (Lipinski definition) is 2. The quantitative estimate of drug-likeness (QED) is 0.368. The van der Waals surface area contributed by atoms with E-state index in [-0.39, 0.29) is 0 Å². The van der Waals surface area contributed by atoms with Gasteiger partial charge in [-0.2, -0.15) is 52.7 Å². The van der Waals surface area contributed by atoms with Gasteiger partial charge in [0.1, 0.15) is 0 Å². The van der Waals surface area contributed by atoms with Crippen molar-refractivity contribution in [3.8, 4) is 0 Å². The summed E-state index contributed by atoms with van der Waals surface area (Å²) >= 11 is 0. The number of nitrogens with zero attached hydrogens (tertiary/aromatic N) is 1. The second kappa shape index (κ2) is 4.85. The molecule has 17 heteroatoms. The minimum atomic E-state index is -8.20. The Balaban J connectivity index is 4.11. The third-order valence-electron chi connectivity index (χ3n) is 3.21. The second-order valence-corrected chi connectivity index (χ2v) is 4.63. The van der Waals surface area contributed by atoms with Crippen molar-refractivity contribution in [2.75, 3.05) is 0 Å². The fourth-order valence-electron chi connectivity index (χ4n) is 1.67. The number of hydrogen-bond donors (Lipinski definition) is 0. The van der Waals surface area contributed by atoms with Gasteiger partial charge in [-0.05, 0) is 0 Å². The lowest BCUT2D eigenvalue weighted by atomic mass is 9.79. The highest BCUT2D eigenvalue weighted by Gasteiger charge is 2.99. The van der Waals surface area contributed by atoms with Gasteiger partial charge in [-0.15, -0.1) is 0 Å². The summed E-state index contributed by atoms with van der Waals surface area (Å²) in [6.07, 6.45) is 0. The summed E-state index contributed by atoms with van der Waals surface area (Å²) < 4.78 is 194. The fraction of sp³-hybridized carbons (Fsp3) is 0.875. The lowest BCUT2D eigenvalue weighted by molar-refractivity contribution is -0.462. The molecular formula is C8F15NO. The van der Waals surface area contributed by atoms with Crippen molar-refractivity contribution in [3.05, 3.63) is 0 Å². The van der Waals surface area contributed by atoms with E-state index >= 15 is 0 Å². The molecule has 1 aliphatic carbocycles. The summed E-state index contributed by atoms with van der Waals surface area (Å²) in [6.45, 7) is 0. The molecule has 0 spiro atoms. The Hall–Kier alpha value is -1.42. The Labute approximate surface area is 125 Å². The first-order valence-electron chi connectivity index (χ1n) is 5.22. The van der Waals surface area contributed by atoms with Crippen LogP contribution in [0.2, 0.25) is 0 Å². The molecule has 2 nitrogen and oxygen atoms in total. The van der Waals surface area contributed by atoms with E-state index in [9.17, 15) is 70.8 Å². The first-order chi connectivity index (χ1) is 10.6. The highest BCUT2D eigenvalue weighted by atomic mass is 19.4. The molecule has 148 valence electrons. The smallest absolute Gasteiger partial charge is 0.287 e. The summed E-state index contributed by atoms with van der Waals surface area (Å²) in [7, 11) is 0. The van der Waals surface area contributed by atoms with Crippen molar-refractivity contribution < 1.29 is 70.8 Å². The molecule has 1 fully saturated rings. The second-order valence-electron chi connectivity index (χ2n) is 4.63. The number of carbonyl (C=O) groups excluding carboxylic acids is 1. The van der Waals surface area contributed by atoms with Crippen molar-refractivity contribution in [2.45, 2.75) is 41.3 Å². The third kappa shape index (κ3) is 1.92. The number of halogens is 15. The van der Waals surface area contributed by atoms with Crippen LogP contribution in [0.25, 0.3) is 0 Å². The Morgan fingerprint density at radius 1 is 0.520 bits per heavy atom. The highest BCUT2D eigenvalue weighted by Crippen LogP contribution is 2.65. The van der Waals surface area contributed by atoms with Gasteiger partial charge in [0.2, 0.25) is 0 Å². The lowest BCUT2D eigenvalue weighted by Crippen LogP contribution is -2.81. The molecule has 1 saturated carbocycles. The van der Waals surface area contributed by atoms with Gasteiger partial charge in [0, 0.05) is 0 Å². The molecule has 25 heavy (non-hydrogen) atoms. The average molecular weight is 411 g/mol. The minimum absolute atomic E-state index is 4.12. The Morgan fingerprint density at radius 3 is 1.12 bits per heavy atom. The van der Waals surface area contributed by atoms with Crippen LogP contribution in [0.15, 0.2) is 0 Å². The van der Waals surface area contributed by atoms with Crippen molar-refractivity contribution in [1.82, 2.24) is 5.34 Å². The molecule has 0 N–H and O–H groups in total. The monoisotopic (exact) mass is 411 g/mol. The summed E-state index contributed by atoms with van der Waals surface area (Å²) in [4.78, 5) is 10.7. The molecule has 0 saturated heterocycles. The van der Waals surface area contributed by atoms with Crippen LogP contribution in [0.4, 0.5) is 66.0 Å². The number of Topliss-reactive ketones (excluding diaryl/α,β-unsaturated/α-hetero) is 1. The lowest BCUT2D eigenvalue weighted by Gasteiger charge is -2.47. The number of carbonyl (C=O) groups is 1. The van der Waals surface area contributed by atoms with Gasteiger partial charge in [0.05, 0.1) is 5.34 Å². The van der Waals surface area contributed by atoms with Crippen molar-refractivity contribution in [1.29, 1.82) is 0 Å². The molecule has 1 atom stereocenters. The van der Waals surface area contributed by atoms with E-state index < -0.39 is 52.5 Å². The van der Waals surface area contributed by atoms with E-state index in [0.29, 0.717) is 0 Å². The fourth-order valence-corrected chi connectivity index (χ4v) is 1.67. The maximum Gasteiger partial charge on any atom is 0.386 e.